The molecule has 0 spiro atoms. The number of likely N-dealkylation sites (N-methyl/N-ethyl adjacent to an activating group) is 1. The number of hydrogen-bond acceptors (Lipinski definition) is 3. The van der Waals surface area contributed by atoms with Gasteiger partial charge in [-0.05, 0) is 56.2 Å². The lowest BCUT2D eigenvalue weighted by atomic mass is 10.1. The second-order valence-electron chi connectivity index (χ2n) is 8.38. The number of carbonyl (C=O) groups excluding carboxylic acids is 2. The molecule has 0 bridgehead atoms. The number of carbonyl (C=O) groups is 2. The standard InChI is InChI=1S/C28H28ClN5O2/c1-4-33(28(36)30-23-15-10-14-22(29)17-23)18-25(35)31-27-26(21-12-6-5-7-13-21)20(3)32-34(27)24-16-9-8-11-19(24)2/h5-17H,4,18H2,1-3H3,(H,30,36)(H,31,35). The summed E-state index contributed by atoms with van der Waals surface area (Å²) in [6, 6.07) is 24.2. The summed E-state index contributed by atoms with van der Waals surface area (Å²) >= 11 is 6.02. The Kier molecular flexibility index (Phi) is 7.71. The van der Waals surface area contributed by atoms with Gasteiger partial charge in [0, 0.05) is 22.8 Å². The van der Waals surface area contributed by atoms with Crippen LogP contribution in [0, 0.1) is 13.8 Å². The van der Waals surface area contributed by atoms with Crippen molar-refractivity contribution < 1.29 is 9.59 Å². The number of aromatic nitrogens is 2. The number of para-hydroxylation sites is 1. The molecular weight excluding hydrogens is 474 g/mol. The van der Waals surface area contributed by atoms with Crippen molar-refractivity contribution in [1.29, 1.82) is 0 Å². The van der Waals surface area contributed by atoms with Crippen molar-refractivity contribution in [1.82, 2.24) is 14.7 Å². The number of nitrogens with one attached hydrogen (secondary N) is 2. The van der Waals surface area contributed by atoms with Crippen molar-refractivity contribution in [3.63, 3.8) is 0 Å². The molecule has 0 aliphatic carbocycles. The molecule has 3 amide bonds. The number of amides is 3. The minimum absolute atomic E-state index is 0.130. The molecule has 0 aliphatic heterocycles. The van der Waals surface area contributed by atoms with E-state index in [2.05, 4.69) is 10.6 Å². The largest absolute Gasteiger partial charge is 0.322 e. The van der Waals surface area contributed by atoms with E-state index in [-0.39, 0.29) is 18.5 Å². The van der Waals surface area contributed by atoms with E-state index in [1.807, 2.05) is 75.4 Å². The molecule has 1 aromatic heterocycles. The maximum absolute atomic E-state index is 13.3. The van der Waals surface area contributed by atoms with E-state index in [0.717, 1.165) is 28.1 Å². The number of nitrogens with zero attached hydrogens (tertiary/aromatic N) is 3. The van der Waals surface area contributed by atoms with Gasteiger partial charge in [-0.25, -0.2) is 9.48 Å². The average Bonchev–Trinajstić information content (AvgIpc) is 3.18. The molecule has 36 heavy (non-hydrogen) atoms. The highest BCUT2D eigenvalue weighted by molar-refractivity contribution is 6.30. The summed E-state index contributed by atoms with van der Waals surface area (Å²) in [7, 11) is 0. The van der Waals surface area contributed by atoms with Crippen molar-refractivity contribution in [2.75, 3.05) is 23.7 Å². The van der Waals surface area contributed by atoms with E-state index in [9.17, 15) is 9.59 Å². The van der Waals surface area contributed by atoms with Crippen LogP contribution in [0.3, 0.4) is 0 Å². The number of anilines is 2. The van der Waals surface area contributed by atoms with Crippen LogP contribution in [-0.2, 0) is 4.79 Å². The molecule has 184 valence electrons. The van der Waals surface area contributed by atoms with E-state index in [4.69, 9.17) is 16.7 Å². The maximum atomic E-state index is 13.3. The zero-order valence-corrected chi connectivity index (χ0v) is 21.2. The van der Waals surface area contributed by atoms with E-state index in [1.54, 1.807) is 28.9 Å². The highest BCUT2D eigenvalue weighted by Gasteiger charge is 2.23. The molecule has 0 aliphatic rings. The van der Waals surface area contributed by atoms with Gasteiger partial charge in [0.1, 0.15) is 12.4 Å². The smallest absolute Gasteiger partial charge is 0.315 e. The number of halogens is 1. The van der Waals surface area contributed by atoms with Crippen LogP contribution in [0.15, 0.2) is 78.9 Å². The van der Waals surface area contributed by atoms with Gasteiger partial charge in [0.15, 0.2) is 0 Å². The SMILES string of the molecule is CCN(CC(=O)Nc1c(-c2ccccc2)c(C)nn1-c1ccccc1C)C(=O)Nc1cccc(Cl)c1. The molecule has 8 heteroatoms. The Morgan fingerprint density at radius 1 is 0.944 bits per heavy atom. The molecule has 3 aromatic carbocycles. The summed E-state index contributed by atoms with van der Waals surface area (Å²) in [6.45, 7) is 5.96. The summed E-state index contributed by atoms with van der Waals surface area (Å²) in [5, 5.41) is 11.1. The number of benzene rings is 3. The summed E-state index contributed by atoms with van der Waals surface area (Å²) in [5.41, 5.74) is 5.00. The second-order valence-corrected chi connectivity index (χ2v) is 8.81. The third-order valence-electron chi connectivity index (χ3n) is 5.80. The van der Waals surface area contributed by atoms with E-state index in [0.29, 0.717) is 23.1 Å². The van der Waals surface area contributed by atoms with Gasteiger partial charge in [0.2, 0.25) is 5.91 Å². The highest BCUT2D eigenvalue weighted by Crippen LogP contribution is 2.34. The van der Waals surface area contributed by atoms with Crippen LogP contribution < -0.4 is 10.6 Å². The summed E-state index contributed by atoms with van der Waals surface area (Å²) in [6.07, 6.45) is 0. The Morgan fingerprint density at radius 3 is 2.36 bits per heavy atom. The fourth-order valence-electron chi connectivity index (χ4n) is 4.01. The fraction of sp³-hybridized carbons (Fsp3) is 0.179. The molecular formula is C28H28ClN5O2. The lowest BCUT2D eigenvalue weighted by Gasteiger charge is -2.21. The summed E-state index contributed by atoms with van der Waals surface area (Å²) in [5.74, 6) is 0.231. The van der Waals surface area contributed by atoms with E-state index >= 15 is 0 Å². The molecule has 1 heterocycles. The number of hydrogen-bond donors (Lipinski definition) is 2. The molecule has 0 radical (unpaired) electrons. The quantitative estimate of drug-likeness (QED) is 0.312. The molecule has 0 saturated heterocycles. The number of urea groups is 1. The minimum atomic E-state index is -0.387. The molecule has 4 rings (SSSR count). The molecule has 0 fully saturated rings. The Bertz CT molecular complexity index is 1380. The average molecular weight is 502 g/mol. The zero-order valence-electron chi connectivity index (χ0n) is 20.5. The number of rotatable bonds is 7. The van der Waals surface area contributed by atoms with Crippen molar-refractivity contribution in [3.05, 3.63) is 95.1 Å². The Labute approximate surface area is 215 Å². The van der Waals surface area contributed by atoms with Crippen LogP contribution in [0.2, 0.25) is 5.02 Å². The van der Waals surface area contributed by atoms with Gasteiger partial charge in [0.25, 0.3) is 0 Å². The van der Waals surface area contributed by atoms with Gasteiger partial charge in [0.05, 0.1) is 11.4 Å². The third kappa shape index (κ3) is 5.58. The van der Waals surface area contributed by atoms with Crippen LogP contribution in [0.1, 0.15) is 18.2 Å². The Hall–Kier alpha value is -4.10. The first kappa shape index (κ1) is 25.0. The summed E-state index contributed by atoms with van der Waals surface area (Å²) < 4.78 is 1.76. The lowest BCUT2D eigenvalue weighted by Crippen LogP contribution is -2.40. The van der Waals surface area contributed by atoms with Gasteiger partial charge in [-0.1, -0.05) is 66.2 Å². The zero-order chi connectivity index (χ0) is 25.7. The van der Waals surface area contributed by atoms with Crippen molar-refractivity contribution in [3.8, 4) is 16.8 Å². The second kappa shape index (κ2) is 11.1. The van der Waals surface area contributed by atoms with E-state index in [1.165, 1.54) is 4.90 Å². The van der Waals surface area contributed by atoms with Crippen LogP contribution >= 0.6 is 11.6 Å². The van der Waals surface area contributed by atoms with Crippen molar-refractivity contribution >= 4 is 35.0 Å². The van der Waals surface area contributed by atoms with Crippen molar-refractivity contribution in [2.24, 2.45) is 0 Å². The van der Waals surface area contributed by atoms with E-state index < -0.39 is 0 Å². The molecule has 2 N–H and O–H groups in total. The predicted molar refractivity (Wildman–Crippen MR) is 145 cm³/mol. The van der Waals surface area contributed by atoms with Crippen LogP contribution in [-0.4, -0.2) is 39.7 Å². The summed E-state index contributed by atoms with van der Waals surface area (Å²) in [4.78, 5) is 27.5. The Morgan fingerprint density at radius 2 is 1.67 bits per heavy atom. The molecule has 4 aromatic rings. The van der Waals surface area contributed by atoms with Crippen LogP contribution in [0.4, 0.5) is 16.3 Å². The molecule has 0 atom stereocenters. The molecule has 0 saturated carbocycles. The van der Waals surface area contributed by atoms with Gasteiger partial charge >= 0.3 is 6.03 Å². The Balaban J connectivity index is 1.62. The topological polar surface area (TPSA) is 79.3 Å². The lowest BCUT2D eigenvalue weighted by molar-refractivity contribution is -0.116. The first-order valence-corrected chi connectivity index (χ1v) is 12.1. The van der Waals surface area contributed by atoms with Gasteiger partial charge in [-0.3, -0.25) is 4.79 Å². The predicted octanol–water partition coefficient (Wildman–Crippen LogP) is 6.30. The fourth-order valence-corrected chi connectivity index (χ4v) is 4.20. The van der Waals surface area contributed by atoms with Gasteiger partial charge < -0.3 is 15.5 Å². The monoisotopic (exact) mass is 501 g/mol. The van der Waals surface area contributed by atoms with Crippen molar-refractivity contribution in [2.45, 2.75) is 20.8 Å². The first-order valence-electron chi connectivity index (χ1n) is 11.7. The number of aryl methyl sites for hydroxylation is 2. The molecule has 0 unspecified atom stereocenters. The highest BCUT2D eigenvalue weighted by atomic mass is 35.5. The van der Waals surface area contributed by atoms with Gasteiger partial charge in [-0.15, -0.1) is 0 Å². The maximum Gasteiger partial charge on any atom is 0.322 e. The van der Waals surface area contributed by atoms with Crippen LogP contribution in [0.25, 0.3) is 16.8 Å². The first-order chi connectivity index (χ1) is 17.4. The molecule has 7 nitrogen and oxygen atoms in total. The van der Waals surface area contributed by atoms with Gasteiger partial charge in [-0.2, -0.15) is 5.10 Å². The normalized spacial score (nSPS) is 10.7. The third-order valence-corrected chi connectivity index (χ3v) is 6.04. The minimum Gasteiger partial charge on any atom is -0.315 e. The van der Waals surface area contributed by atoms with Crippen LogP contribution in [0.5, 0.6) is 0 Å².